The molecule has 10 heavy (non-hydrogen) atoms. The van der Waals surface area contributed by atoms with Crippen molar-refractivity contribution >= 4 is 11.8 Å². The van der Waals surface area contributed by atoms with E-state index >= 15 is 0 Å². The van der Waals surface area contributed by atoms with E-state index in [2.05, 4.69) is 24.8 Å². The van der Waals surface area contributed by atoms with Gasteiger partial charge in [0.1, 0.15) is 0 Å². The highest BCUT2D eigenvalue weighted by Gasteiger charge is 2.15. The van der Waals surface area contributed by atoms with Crippen molar-refractivity contribution in [2.75, 3.05) is 19.8 Å². The summed E-state index contributed by atoms with van der Waals surface area (Å²) in [5, 5.41) is 1.38. The maximum absolute atomic E-state index is 3.78. The van der Waals surface area contributed by atoms with Crippen LogP contribution in [0.3, 0.4) is 0 Å². The minimum Gasteiger partial charge on any atom is -0.369 e. The Morgan fingerprint density at radius 2 is 2.40 bits per heavy atom. The molecule has 0 radical (unpaired) electrons. The van der Waals surface area contributed by atoms with Gasteiger partial charge in [-0.2, -0.15) is 0 Å². The summed E-state index contributed by atoms with van der Waals surface area (Å²) in [6, 6.07) is 0. The van der Waals surface area contributed by atoms with Gasteiger partial charge in [0.25, 0.3) is 0 Å². The maximum atomic E-state index is 3.78. The summed E-state index contributed by atoms with van der Waals surface area (Å²) in [5.41, 5.74) is 1.40. The molecule has 1 aliphatic rings. The fourth-order valence-electron chi connectivity index (χ4n) is 1.22. The zero-order chi connectivity index (χ0) is 7.56. The van der Waals surface area contributed by atoms with E-state index in [4.69, 9.17) is 0 Å². The highest BCUT2D eigenvalue weighted by molar-refractivity contribution is 8.02. The van der Waals surface area contributed by atoms with Crippen LogP contribution in [0.15, 0.2) is 23.3 Å². The molecule has 0 amide bonds. The van der Waals surface area contributed by atoms with Gasteiger partial charge in [-0.05, 0) is 18.2 Å². The van der Waals surface area contributed by atoms with Crippen LogP contribution in [-0.2, 0) is 0 Å². The van der Waals surface area contributed by atoms with Crippen molar-refractivity contribution in [3.8, 4) is 0 Å². The van der Waals surface area contributed by atoms with Crippen LogP contribution < -0.4 is 0 Å². The van der Waals surface area contributed by atoms with Crippen LogP contribution in [0.1, 0.15) is 6.42 Å². The molecule has 0 bridgehead atoms. The van der Waals surface area contributed by atoms with Crippen molar-refractivity contribution in [3.63, 3.8) is 0 Å². The molecule has 0 N–H and O–H groups in total. The summed E-state index contributed by atoms with van der Waals surface area (Å²) >= 11 is 1.81. The summed E-state index contributed by atoms with van der Waals surface area (Å²) in [5.74, 6) is 0. The minimum atomic E-state index is 1.15. The first-order valence-electron chi connectivity index (χ1n) is 3.40. The molecule has 0 aliphatic carbocycles. The lowest BCUT2D eigenvalue weighted by Crippen LogP contribution is -2.10. The minimum absolute atomic E-state index is 1.15. The molecule has 1 nitrogen and oxygen atoms in total. The first kappa shape index (κ1) is 7.73. The first-order valence-corrected chi connectivity index (χ1v) is 4.62. The fourth-order valence-corrected chi connectivity index (χ4v) is 2.07. The Balaban J connectivity index is 2.80. The first-order chi connectivity index (χ1) is 4.79. The third-order valence-corrected chi connectivity index (χ3v) is 2.74. The number of hydrogen-bond donors (Lipinski definition) is 0. The molecule has 1 aliphatic heterocycles. The van der Waals surface area contributed by atoms with E-state index in [9.17, 15) is 0 Å². The van der Waals surface area contributed by atoms with Gasteiger partial charge < -0.3 is 4.90 Å². The standard InChI is InChI=1S/C8H13NS/c1-4-7-5-6-9(2)8(7)10-3/h4H,1,5-6H2,2-3H3. The second kappa shape index (κ2) is 3.15. The number of nitrogens with zero attached hydrogens (tertiary/aromatic N) is 1. The predicted molar refractivity (Wildman–Crippen MR) is 48.0 cm³/mol. The average molecular weight is 155 g/mol. The lowest BCUT2D eigenvalue weighted by atomic mass is 10.2. The Hall–Kier alpha value is -0.370. The maximum Gasteiger partial charge on any atom is 0.0735 e. The van der Waals surface area contributed by atoms with Gasteiger partial charge in [0.15, 0.2) is 0 Å². The van der Waals surface area contributed by atoms with Gasteiger partial charge in [0.05, 0.1) is 5.03 Å². The Morgan fingerprint density at radius 3 is 2.80 bits per heavy atom. The largest absolute Gasteiger partial charge is 0.369 e. The van der Waals surface area contributed by atoms with Crippen molar-refractivity contribution in [2.45, 2.75) is 6.42 Å². The summed E-state index contributed by atoms with van der Waals surface area (Å²) < 4.78 is 0. The van der Waals surface area contributed by atoms with E-state index in [-0.39, 0.29) is 0 Å². The third kappa shape index (κ3) is 1.21. The van der Waals surface area contributed by atoms with Crippen molar-refractivity contribution in [3.05, 3.63) is 23.3 Å². The predicted octanol–water partition coefficient (Wildman–Crippen LogP) is 2.08. The second-order valence-corrected chi connectivity index (χ2v) is 3.21. The monoisotopic (exact) mass is 155 g/mol. The van der Waals surface area contributed by atoms with E-state index in [1.807, 2.05) is 17.8 Å². The van der Waals surface area contributed by atoms with E-state index in [1.165, 1.54) is 10.6 Å². The molecule has 0 aromatic heterocycles. The van der Waals surface area contributed by atoms with Crippen LogP contribution in [0, 0.1) is 0 Å². The molecule has 0 unspecified atom stereocenters. The van der Waals surface area contributed by atoms with E-state index < -0.39 is 0 Å². The normalized spacial score (nSPS) is 18.4. The number of hydrogen-bond acceptors (Lipinski definition) is 2. The van der Waals surface area contributed by atoms with E-state index in [0.717, 1.165) is 13.0 Å². The number of rotatable bonds is 2. The summed E-state index contributed by atoms with van der Waals surface area (Å²) in [7, 11) is 2.13. The Kier molecular flexibility index (Phi) is 2.44. The molecule has 2 heteroatoms. The lowest BCUT2D eigenvalue weighted by Gasteiger charge is -2.13. The van der Waals surface area contributed by atoms with Crippen LogP contribution in [0.2, 0.25) is 0 Å². The Morgan fingerprint density at radius 1 is 1.70 bits per heavy atom. The molecule has 1 heterocycles. The van der Waals surface area contributed by atoms with E-state index in [0.29, 0.717) is 0 Å². The Bertz CT molecular complexity index is 172. The van der Waals surface area contributed by atoms with Crippen LogP contribution in [0.5, 0.6) is 0 Å². The SMILES string of the molecule is C=CC1=C(SC)N(C)CC1. The summed E-state index contributed by atoms with van der Waals surface area (Å²) in [6.45, 7) is 4.93. The molecule has 0 fully saturated rings. The molecule has 56 valence electrons. The number of thioether (sulfide) groups is 1. The molecule has 0 saturated heterocycles. The number of allylic oxidation sites excluding steroid dienone is 1. The highest BCUT2D eigenvalue weighted by Crippen LogP contribution is 2.28. The summed E-state index contributed by atoms with van der Waals surface area (Å²) in [4.78, 5) is 2.28. The van der Waals surface area contributed by atoms with Crippen LogP contribution in [0.4, 0.5) is 0 Å². The summed E-state index contributed by atoms with van der Waals surface area (Å²) in [6.07, 6.45) is 5.24. The van der Waals surface area contributed by atoms with Crippen molar-refractivity contribution in [2.24, 2.45) is 0 Å². The molecule has 0 saturated carbocycles. The van der Waals surface area contributed by atoms with Gasteiger partial charge in [-0.25, -0.2) is 0 Å². The van der Waals surface area contributed by atoms with Crippen LogP contribution in [0.25, 0.3) is 0 Å². The van der Waals surface area contributed by atoms with Gasteiger partial charge in [-0.3, -0.25) is 0 Å². The van der Waals surface area contributed by atoms with Crippen molar-refractivity contribution in [1.82, 2.24) is 4.90 Å². The Labute approximate surface area is 66.8 Å². The van der Waals surface area contributed by atoms with Gasteiger partial charge in [-0.1, -0.05) is 12.7 Å². The third-order valence-electron chi connectivity index (χ3n) is 1.78. The smallest absolute Gasteiger partial charge is 0.0735 e. The van der Waals surface area contributed by atoms with Gasteiger partial charge in [0, 0.05) is 13.6 Å². The zero-order valence-electron chi connectivity index (χ0n) is 6.55. The van der Waals surface area contributed by atoms with Crippen LogP contribution in [-0.4, -0.2) is 24.7 Å². The van der Waals surface area contributed by atoms with Gasteiger partial charge in [-0.15, -0.1) is 11.8 Å². The van der Waals surface area contributed by atoms with Crippen LogP contribution >= 0.6 is 11.8 Å². The second-order valence-electron chi connectivity index (χ2n) is 2.41. The quantitative estimate of drug-likeness (QED) is 0.600. The molecule has 0 aromatic rings. The van der Waals surface area contributed by atoms with Crippen molar-refractivity contribution < 1.29 is 0 Å². The van der Waals surface area contributed by atoms with Crippen molar-refractivity contribution in [1.29, 1.82) is 0 Å². The van der Waals surface area contributed by atoms with E-state index in [1.54, 1.807) is 0 Å². The zero-order valence-corrected chi connectivity index (χ0v) is 7.37. The fraction of sp³-hybridized carbons (Fsp3) is 0.500. The topological polar surface area (TPSA) is 3.24 Å². The molecular formula is C8H13NS. The molecular weight excluding hydrogens is 142 g/mol. The lowest BCUT2D eigenvalue weighted by molar-refractivity contribution is 0.486. The molecule has 0 spiro atoms. The molecule has 0 aromatic carbocycles. The molecule has 0 atom stereocenters. The average Bonchev–Trinajstić information content (AvgIpc) is 2.30. The molecule has 1 rings (SSSR count). The van der Waals surface area contributed by atoms with Gasteiger partial charge in [0.2, 0.25) is 0 Å². The van der Waals surface area contributed by atoms with Gasteiger partial charge >= 0.3 is 0 Å². The highest BCUT2D eigenvalue weighted by atomic mass is 32.2.